The SMILES string of the molecule is Cc1ccc(C2Oc3c(N)cc(F)cc3NC2=O)cc1. The zero-order chi connectivity index (χ0) is 14.3. The summed E-state index contributed by atoms with van der Waals surface area (Å²) in [6, 6.07) is 9.80. The summed E-state index contributed by atoms with van der Waals surface area (Å²) in [4.78, 5) is 12.1. The van der Waals surface area contributed by atoms with Crippen molar-refractivity contribution in [3.8, 4) is 5.75 Å². The molecule has 2 aromatic rings. The predicted octanol–water partition coefficient (Wildman–Crippen LogP) is 2.79. The number of anilines is 2. The number of benzene rings is 2. The molecule has 4 nitrogen and oxygen atoms in total. The normalized spacial score (nSPS) is 17.1. The Balaban J connectivity index is 2.00. The number of carbonyl (C=O) groups is 1. The van der Waals surface area contributed by atoms with E-state index in [0.717, 1.165) is 11.1 Å². The third-order valence-corrected chi connectivity index (χ3v) is 3.19. The zero-order valence-electron chi connectivity index (χ0n) is 10.8. The molecule has 3 rings (SSSR count). The molecule has 0 bridgehead atoms. The summed E-state index contributed by atoms with van der Waals surface area (Å²) in [7, 11) is 0. The lowest BCUT2D eigenvalue weighted by molar-refractivity contribution is -0.123. The number of amides is 1. The molecule has 0 spiro atoms. The first kappa shape index (κ1) is 12.5. The minimum absolute atomic E-state index is 0.164. The van der Waals surface area contributed by atoms with E-state index in [0.29, 0.717) is 5.75 Å². The van der Waals surface area contributed by atoms with Crippen molar-refractivity contribution in [1.82, 2.24) is 0 Å². The maximum Gasteiger partial charge on any atom is 0.270 e. The monoisotopic (exact) mass is 272 g/mol. The number of nitrogens with one attached hydrogen (secondary N) is 1. The number of ether oxygens (including phenoxy) is 1. The van der Waals surface area contributed by atoms with Gasteiger partial charge in [0.1, 0.15) is 5.82 Å². The molecule has 1 aliphatic rings. The van der Waals surface area contributed by atoms with E-state index in [2.05, 4.69) is 5.32 Å². The fourth-order valence-electron chi connectivity index (χ4n) is 2.17. The van der Waals surface area contributed by atoms with E-state index in [9.17, 15) is 9.18 Å². The molecule has 1 aliphatic heterocycles. The van der Waals surface area contributed by atoms with Gasteiger partial charge < -0.3 is 15.8 Å². The molecule has 20 heavy (non-hydrogen) atoms. The van der Waals surface area contributed by atoms with Crippen LogP contribution in [-0.4, -0.2) is 5.91 Å². The van der Waals surface area contributed by atoms with Crippen LogP contribution >= 0.6 is 0 Å². The summed E-state index contributed by atoms with van der Waals surface area (Å²) in [6.07, 6.45) is -0.782. The number of carbonyl (C=O) groups excluding carboxylic acids is 1. The van der Waals surface area contributed by atoms with E-state index in [-0.39, 0.29) is 17.3 Å². The molecule has 0 radical (unpaired) electrons. The van der Waals surface area contributed by atoms with Crippen molar-refractivity contribution in [3.63, 3.8) is 0 Å². The molecule has 0 saturated heterocycles. The number of rotatable bonds is 1. The Morgan fingerprint density at radius 3 is 2.65 bits per heavy atom. The highest BCUT2D eigenvalue weighted by atomic mass is 19.1. The van der Waals surface area contributed by atoms with Gasteiger partial charge in [0.05, 0.1) is 11.4 Å². The first-order valence-corrected chi connectivity index (χ1v) is 6.18. The molecule has 0 saturated carbocycles. The van der Waals surface area contributed by atoms with Crippen LogP contribution in [0.5, 0.6) is 5.75 Å². The molecule has 102 valence electrons. The number of nitrogen functional groups attached to an aromatic ring is 1. The Labute approximate surface area is 115 Å². The van der Waals surface area contributed by atoms with Crippen LogP contribution in [0.15, 0.2) is 36.4 Å². The van der Waals surface area contributed by atoms with Gasteiger partial charge in [-0.25, -0.2) is 4.39 Å². The summed E-state index contributed by atoms with van der Waals surface area (Å²) in [5.41, 5.74) is 7.97. The largest absolute Gasteiger partial charge is 0.471 e. The fourth-order valence-corrected chi connectivity index (χ4v) is 2.17. The van der Waals surface area contributed by atoms with Gasteiger partial charge >= 0.3 is 0 Å². The highest BCUT2D eigenvalue weighted by molar-refractivity contribution is 5.99. The van der Waals surface area contributed by atoms with Crippen LogP contribution in [0.1, 0.15) is 17.2 Å². The molecule has 1 amide bonds. The molecular formula is C15H13FN2O2. The van der Waals surface area contributed by atoms with Crippen molar-refractivity contribution < 1.29 is 13.9 Å². The second-order valence-electron chi connectivity index (χ2n) is 4.77. The van der Waals surface area contributed by atoms with E-state index in [1.807, 2.05) is 31.2 Å². The summed E-state index contributed by atoms with van der Waals surface area (Å²) < 4.78 is 18.9. The molecule has 1 heterocycles. The lowest BCUT2D eigenvalue weighted by atomic mass is 10.0. The number of hydrogen-bond donors (Lipinski definition) is 2. The average Bonchev–Trinajstić information content (AvgIpc) is 2.39. The zero-order valence-corrected chi connectivity index (χ0v) is 10.8. The summed E-state index contributed by atoms with van der Waals surface area (Å²) in [6.45, 7) is 1.96. The first-order chi connectivity index (χ1) is 9.54. The molecule has 0 fully saturated rings. The van der Waals surface area contributed by atoms with Crippen molar-refractivity contribution in [1.29, 1.82) is 0 Å². The molecule has 3 N–H and O–H groups in total. The molecule has 0 aromatic heterocycles. The molecule has 2 aromatic carbocycles. The maximum absolute atomic E-state index is 13.3. The number of nitrogens with two attached hydrogens (primary N) is 1. The van der Waals surface area contributed by atoms with Gasteiger partial charge in [0.2, 0.25) is 6.10 Å². The Morgan fingerprint density at radius 1 is 1.25 bits per heavy atom. The molecular weight excluding hydrogens is 259 g/mol. The predicted molar refractivity (Wildman–Crippen MR) is 74.0 cm³/mol. The second-order valence-corrected chi connectivity index (χ2v) is 4.77. The van der Waals surface area contributed by atoms with Crippen molar-refractivity contribution in [2.45, 2.75) is 13.0 Å². The van der Waals surface area contributed by atoms with Gasteiger partial charge in [0.15, 0.2) is 5.75 Å². The van der Waals surface area contributed by atoms with Crippen LogP contribution < -0.4 is 15.8 Å². The number of halogens is 1. The van der Waals surface area contributed by atoms with Gasteiger partial charge in [-0.15, -0.1) is 0 Å². The van der Waals surface area contributed by atoms with Crippen molar-refractivity contribution in [2.24, 2.45) is 0 Å². The highest BCUT2D eigenvalue weighted by Gasteiger charge is 2.30. The first-order valence-electron chi connectivity index (χ1n) is 6.18. The lowest BCUT2D eigenvalue weighted by Crippen LogP contribution is -2.30. The minimum Gasteiger partial charge on any atom is -0.471 e. The second kappa shape index (κ2) is 4.52. The summed E-state index contributed by atoms with van der Waals surface area (Å²) in [5.74, 6) is -0.554. The van der Waals surface area contributed by atoms with Crippen molar-refractivity contribution in [2.75, 3.05) is 11.1 Å². The number of hydrogen-bond acceptors (Lipinski definition) is 3. The Morgan fingerprint density at radius 2 is 1.95 bits per heavy atom. The van der Waals surface area contributed by atoms with Crippen LogP contribution in [0.25, 0.3) is 0 Å². The molecule has 1 atom stereocenters. The van der Waals surface area contributed by atoms with Gasteiger partial charge in [-0.05, 0) is 6.92 Å². The number of aryl methyl sites for hydroxylation is 1. The summed E-state index contributed by atoms with van der Waals surface area (Å²) in [5, 5.41) is 2.62. The van der Waals surface area contributed by atoms with E-state index < -0.39 is 11.9 Å². The van der Waals surface area contributed by atoms with Gasteiger partial charge in [-0.3, -0.25) is 4.79 Å². The molecule has 0 aliphatic carbocycles. The van der Waals surface area contributed by atoms with Crippen molar-refractivity contribution >= 4 is 17.3 Å². The Hall–Kier alpha value is -2.56. The smallest absolute Gasteiger partial charge is 0.270 e. The lowest BCUT2D eigenvalue weighted by Gasteiger charge is -2.27. The maximum atomic E-state index is 13.3. The minimum atomic E-state index is -0.782. The van der Waals surface area contributed by atoms with Crippen LogP contribution in [0, 0.1) is 12.7 Å². The van der Waals surface area contributed by atoms with Gasteiger partial charge in [-0.2, -0.15) is 0 Å². The Kier molecular flexibility index (Phi) is 2.82. The topological polar surface area (TPSA) is 64.3 Å². The fraction of sp³-hybridized carbons (Fsp3) is 0.133. The third-order valence-electron chi connectivity index (χ3n) is 3.19. The van der Waals surface area contributed by atoms with E-state index >= 15 is 0 Å². The van der Waals surface area contributed by atoms with Crippen LogP contribution in [-0.2, 0) is 4.79 Å². The standard InChI is InChI=1S/C15H13FN2O2/c1-8-2-4-9(5-3-8)13-15(19)18-12-7-10(16)6-11(17)14(12)20-13/h2-7,13H,17H2,1H3,(H,18,19). The number of fused-ring (bicyclic) bond motifs is 1. The van der Waals surface area contributed by atoms with Crippen LogP contribution in [0.2, 0.25) is 0 Å². The van der Waals surface area contributed by atoms with Gasteiger partial charge in [0.25, 0.3) is 5.91 Å². The Bertz CT molecular complexity index is 683. The van der Waals surface area contributed by atoms with Gasteiger partial charge in [-0.1, -0.05) is 29.8 Å². The van der Waals surface area contributed by atoms with Crippen molar-refractivity contribution in [3.05, 3.63) is 53.3 Å². The quantitative estimate of drug-likeness (QED) is 0.784. The van der Waals surface area contributed by atoms with Crippen LogP contribution in [0.4, 0.5) is 15.8 Å². The van der Waals surface area contributed by atoms with E-state index in [1.165, 1.54) is 12.1 Å². The van der Waals surface area contributed by atoms with Crippen LogP contribution in [0.3, 0.4) is 0 Å². The third kappa shape index (κ3) is 2.07. The average molecular weight is 272 g/mol. The van der Waals surface area contributed by atoms with E-state index in [1.54, 1.807) is 0 Å². The highest BCUT2D eigenvalue weighted by Crippen LogP contribution is 2.39. The molecule has 5 heteroatoms. The van der Waals surface area contributed by atoms with Gasteiger partial charge in [0, 0.05) is 17.7 Å². The summed E-state index contributed by atoms with van der Waals surface area (Å²) >= 11 is 0. The van der Waals surface area contributed by atoms with E-state index in [4.69, 9.17) is 10.5 Å². The molecule has 1 unspecified atom stereocenters.